The number of rotatable bonds is 5. The van der Waals surface area contributed by atoms with Crippen molar-refractivity contribution >= 4 is 5.97 Å². The van der Waals surface area contributed by atoms with Crippen molar-refractivity contribution in [3.05, 3.63) is 35.4 Å². The van der Waals surface area contributed by atoms with Gasteiger partial charge in [0.15, 0.2) is 0 Å². The quantitative estimate of drug-likeness (QED) is 0.842. The van der Waals surface area contributed by atoms with Crippen LogP contribution in [0.2, 0.25) is 0 Å². The summed E-state index contributed by atoms with van der Waals surface area (Å²) >= 11 is 0. The molecule has 18 heavy (non-hydrogen) atoms. The Labute approximate surface area is 107 Å². The normalized spacial score (nSPS) is 20.2. The lowest BCUT2D eigenvalue weighted by molar-refractivity contribution is -0.144. The van der Waals surface area contributed by atoms with Crippen LogP contribution in [0.1, 0.15) is 49.8 Å². The van der Waals surface area contributed by atoms with Crippen LogP contribution in [0.4, 0.5) is 0 Å². The van der Waals surface area contributed by atoms with Crippen LogP contribution in [0.3, 0.4) is 0 Å². The maximum absolute atomic E-state index is 11.0. The monoisotopic (exact) mass is 248 g/mol. The maximum Gasteiger partial charge on any atom is 0.306 e. The fourth-order valence-electron chi connectivity index (χ4n) is 2.22. The van der Waals surface area contributed by atoms with E-state index in [2.05, 4.69) is 6.07 Å². The van der Waals surface area contributed by atoms with Gasteiger partial charge < -0.3 is 10.2 Å². The summed E-state index contributed by atoms with van der Waals surface area (Å²) < 4.78 is 0. The lowest BCUT2D eigenvalue weighted by Crippen LogP contribution is -2.23. The fraction of sp³-hybridized carbons (Fsp3) is 0.533. The molecule has 1 aromatic carbocycles. The van der Waals surface area contributed by atoms with Crippen LogP contribution in [0, 0.1) is 11.8 Å². The molecule has 2 N–H and O–H groups in total. The van der Waals surface area contributed by atoms with E-state index in [0.29, 0.717) is 5.92 Å². The zero-order valence-electron chi connectivity index (χ0n) is 10.8. The Bertz CT molecular complexity index is 437. The summed E-state index contributed by atoms with van der Waals surface area (Å²) in [4.78, 5) is 11.0. The molecule has 1 saturated carbocycles. The third kappa shape index (κ3) is 2.72. The molecule has 98 valence electrons. The Morgan fingerprint density at radius 1 is 1.33 bits per heavy atom. The molecule has 0 aromatic heterocycles. The molecule has 3 nitrogen and oxygen atoms in total. The molecule has 0 spiro atoms. The number of carboxylic acid groups (broad SMARTS) is 1. The minimum absolute atomic E-state index is 0.294. The summed E-state index contributed by atoms with van der Waals surface area (Å²) in [6.07, 6.45) is 1.73. The number of carboxylic acids is 1. The Morgan fingerprint density at radius 2 is 2.00 bits per heavy atom. The Kier molecular flexibility index (Phi) is 3.71. The highest BCUT2D eigenvalue weighted by Gasteiger charge is 2.28. The number of hydrogen-bond acceptors (Lipinski definition) is 2. The van der Waals surface area contributed by atoms with E-state index in [9.17, 15) is 9.90 Å². The minimum atomic E-state index is -0.861. The van der Waals surface area contributed by atoms with Gasteiger partial charge in [-0.1, -0.05) is 38.1 Å². The second-order valence-corrected chi connectivity index (χ2v) is 5.38. The molecule has 0 heterocycles. The minimum Gasteiger partial charge on any atom is -0.481 e. The summed E-state index contributed by atoms with van der Waals surface area (Å²) in [5.41, 5.74) is 2.10. The van der Waals surface area contributed by atoms with Crippen LogP contribution in [0.25, 0.3) is 0 Å². The van der Waals surface area contributed by atoms with Gasteiger partial charge in [-0.25, -0.2) is 0 Å². The number of aliphatic hydroxyl groups is 1. The number of benzene rings is 1. The van der Waals surface area contributed by atoms with Crippen LogP contribution in [-0.2, 0) is 4.79 Å². The molecule has 3 heteroatoms. The molecule has 1 aromatic rings. The van der Waals surface area contributed by atoms with E-state index in [1.54, 1.807) is 13.8 Å². The molecular formula is C15H20O3. The van der Waals surface area contributed by atoms with Gasteiger partial charge in [-0.3, -0.25) is 4.79 Å². The fourth-order valence-corrected chi connectivity index (χ4v) is 2.22. The average Bonchev–Trinajstić information content (AvgIpc) is 3.20. The largest absolute Gasteiger partial charge is 0.481 e. The molecule has 1 fully saturated rings. The number of carbonyl (C=O) groups is 1. The number of aliphatic hydroxyl groups excluding tert-OH is 1. The highest BCUT2D eigenvalue weighted by atomic mass is 16.4. The van der Waals surface area contributed by atoms with E-state index in [1.165, 1.54) is 18.4 Å². The van der Waals surface area contributed by atoms with Crippen molar-refractivity contribution in [3.8, 4) is 0 Å². The van der Waals surface area contributed by atoms with E-state index >= 15 is 0 Å². The molecular weight excluding hydrogens is 228 g/mol. The van der Waals surface area contributed by atoms with Gasteiger partial charge in [0.25, 0.3) is 0 Å². The van der Waals surface area contributed by atoms with Gasteiger partial charge >= 0.3 is 5.97 Å². The topological polar surface area (TPSA) is 57.5 Å². The Morgan fingerprint density at radius 3 is 2.56 bits per heavy atom. The first-order valence-corrected chi connectivity index (χ1v) is 6.51. The summed E-state index contributed by atoms with van der Waals surface area (Å²) in [5, 5.41) is 19.3. The van der Waals surface area contributed by atoms with Crippen molar-refractivity contribution in [2.75, 3.05) is 0 Å². The highest BCUT2D eigenvalue weighted by Crippen LogP contribution is 2.41. The molecule has 3 unspecified atom stereocenters. The molecule has 3 atom stereocenters. The molecule has 0 aliphatic heterocycles. The lowest BCUT2D eigenvalue weighted by atomic mass is 9.86. The second-order valence-electron chi connectivity index (χ2n) is 5.38. The van der Waals surface area contributed by atoms with Crippen LogP contribution in [0.5, 0.6) is 0 Å². The van der Waals surface area contributed by atoms with Crippen molar-refractivity contribution < 1.29 is 15.0 Å². The smallest absolute Gasteiger partial charge is 0.306 e. The predicted octanol–water partition coefficient (Wildman–Crippen LogP) is 2.95. The van der Waals surface area contributed by atoms with Crippen LogP contribution < -0.4 is 0 Å². The van der Waals surface area contributed by atoms with E-state index in [1.807, 2.05) is 18.2 Å². The second kappa shape index (κ2) is 5.11. The molecule has 0 saturated heterocycles. The maximum atomic E-state index is 11.0. The molecule has 1 aliphatic carbocycles. The molecule has 0 amide bonds. The standard InChI is InChI=1S/C15H20O3/c1-9(10(2)15(17)18)14(16)13-5-3-4-12(8-13)11-6-7-11/h3-5,8-11,14,16H,6-7H2,1-2H3,(H,17,18). The summed E-state index contributed by atoms with van der Waals surface area (Å²) in [5.74, 6) is -1.06. The van der Waals surface area contributed by atoms with E-state index in [4.69, 9.17) is 5.11 Å². The Balaban J connectivity index is 2.14. The first kappa shape index (κ1) is 13.1. The van der Waals surface area contributed by atoms with Gasteiger partial charge in [0.2, 0.25) is 0 Å². The van der Waals surface area contributed by atoms with E-state index in [0.717, 1.165) is 5.56 Å². The third-order valence-corrected chi connectivity index (χ3v) is 3.98. The van der Waals surface area contributed by atoms with Gasteiger partial charge in [-0.15, -0.1) is 0 Å². The Hall–Kier alpha value is -1.35. The van der Waals surface area contributed by atoms with E-state index in [-0.39, 0.29) is 5.92 Å². The van der Waals surface area contributed by atoms with Crippen LogP contribution >= 0.6 is 0 Å². The third-order valence-electron chi connectivity index (χ3n) is 3.98. The van der Waals surface area contributed by atoms with Gasteiger partial charge in [0.1, 0.15) is 0 Å². The highest BCUT2D eigenvalue weighted by molar-refractivity contribution is 5.69. The lowest BCUT2D eigenvalue weighted by Gasteiger charge is -2.23. The average molecular weight is 248 g/mol. The molecule has 0 radical (unpaired) electrons. The van der Waals surface area contributed by atoms with Gasteiger partial charge in [0.05, 0.1) is 12.0 Å². The van der Waals surface area contributed by atoms with Crippen molar-refractivity contribution in [2.45, 2.75) is 38.7 Å². The number of aliphatic carboxylic acids is 1. The van der Waals surface area contributed by atoms with Crippen molar-refractivity contribution in [1.29, 1.82) is 0 Å². The van der Waals surface area contributed by atoms with Crippen LogP contribution in [0.15, 0.2) is 24.3 Å². The zero-order chi connectivity index (χ0) is 13.3. The zero-order valence-corrected chi connectivity index (χ0v) is 10.8. The van der Waals surface area contributed by atoms with Crippen molar-refractivity contribution in [1.82, 2.24) is 0 Å². The SMILES string of the molecule is CC(C(=O)O)C(C)C(O)c1cccc(C2CC2)c1. The first-order valence-electron chi connectivity index (χ1n) is 6.51. The van der Waals surface area contributed by atoms with E-state index < -0.39 is 18.0 Å². The molecule has 2 rings (SSSR count). The predicted molar refractivity (Wildman–Crippen MR) is 69.3 cm³/mol. The van der Waals surface area contributed by atoms with Crippen molar-refractivity contribution in [2.24, 2.45) is 11.8 Å². The van der Waals surface area contributed by atoms with Gasteiger partial charge in [0, 0.05) is 0 Å². The number of hydrogen-bond donors (Lipinski definition) is 2. The summed E-state index contributed by atoms with van der Waals surface area (Å²) in [6.45, 7) is 3.42. The van der Waals surface area contributed by atoms with Crippen molar-refractivity contribution in [3.63, 3.8) is 0 Å². The van der Waals surface area contributed by atoms with Gasteiger partial charge in [-0.2, -0.15) is 0 Å². The summed E-state index contributed by atoms with van der Waals surface area (Å²) in [7, 11) is 0. The summed E-state index contributed by atoms with van der Waals surface area (Å²) in [6, 6.07) is 7.93. The first-order chi connectivity index (χ1) is 8.50. The molecule has 1 aliphatic rings. The van der Waals surface area contributed by atoms with Crippen LogP contribution in [-0.4, -0.2) is 16.2 Å². The van der Waals surface area contributed by atoms with Gasteiger partial charge in [-0.05, 0) is 35.8 Å². The molecule has 0 bridgehead atoms.